The minimum atomic E-state index is 0. The van der Waals surface area contributed by atoms with Crippen molar-refractivity contribution in [1.29, 1.82) is 0 Å². The van der Waals surface area contributed by atoms with Crippen molar-refractivity contribution >= 4 is 29.9 Å². The topological polar surface area (TPSA) is 58.6 Å². The zero-order chi connectivity index (χ0) is 22.0. The molecule has 186 valence electrons. The summed E-state index contributed by atoms with van der Waals surface area (Å²) in [6.45, 7) is 7.97. The number of rotatable bonds is 7. The maximum Gasteiger partial charge on any atom is 0.193 e. The molecule has 2 unspecified atom stereocenters. The van der Waals surface area contributed by atoms with Gasteiger partial charge < -0.3 is 24.4 Å². The minimum Gasteiger partial charge on any atom is -0.379 e. The third kappa shape index (κ3) is 8.06. The van der Waals surface area contributed by atoms with Gasteiger partial charge in [0.05, 0.1) is 38.1 Å². The van der Waals surface area contributed by atoms with E-state index < -0.39 is 0 Å². The van der Waals surface area contributed by atoms with Gasteiger partial charge in [-0.2, -0.15) is 0 Å². The van der Waals surface area contributed by atoms with E-state index >= 15 is 0 Å². The maximum atomic E-state index is 6.19. The van der Waals surface area contributed by atoms with Gasteiger partial charge in [0, 0.05) is 46.4 Å². The van der Waals surface area contributed by atoms with E-state index in [2.05, 4.69) is 50.4 Å². The van der Waals surface area contributed by atoms with Crippen molar-refractivity contribution in [1.82, 2.24) is 15.1 Å². The van der Waals surface area contributed by atoms with Crippen LogP contribution in [0.15, 0.2) is 35.3 Å². The summed E-state index contributed by atoms with van der Waals surface area (Å²) in [5.74, 6) is 0.994. The van der Waals surface area contributed by atoms with Crippen LogP contribution >= 0.6 is 24.0 Å². The van der Waals surface area contributed by atoms with Gasteiger partial charge in [-0.15, -0.1) is 24.0 Å². The van der Waals surface area contributed by atoms with Gasteiger partial charge in [0.1, 0.15) is 0 Å². The van der Waals surface area contributed by atoms with Crippen LogP contribution in [-0.2, 0) is 14.2 Å². The van der Waals surface area contributed by atoms with E-state index in [9.17, 15) is 0 Å². The molecule has 0 radical (unpaired) electrons. The van der Waals surface area contributed by atoms with Crippen molar-refractivity contribution in [3.63, 3.8) is 0 Å². The number of benzene rings is 1. The molecular weight excluding hydrogens is 531 g/mol. The highest BCUT2D eigenvalue weighted by Crippen LogP contribution is 2.22. The SMILES string of the molecule is CN=C(NCC(c1ccccc1)N1CCOCC1)N1CCC(OCC2CCCCO2)CC1.I. The quantitative estimate of drug-likeness (QED) is 0.308. The number of morpholine rings is 1. The van der Waals surface area contributed by atoms with Gasteiger partial charge in [-0.1, -0.05) is 30.3 Å². The Bertz CT molecular complexity index is 688. The molecule has 3 heterocycles. The van der Waals surface area contributed by atoms with Crippen LogP contribution in [0.1, 0.15) is 43.7 Å². The molecule has 7 nitrogen and oxygen atoms in total. The highest BCUT2D eigenvalue weighted by Gasteiger charge is 2.26. The Kier molecular flexibility index (Phi) is 11.7. The number of hydrogen-bond acceptors (Lipinski definition) is 5. The number of nitrogens with one attached hydrogen (secondary N) is 1. The number of guanidine groups is 1. The van der Waals surface area contributed by atoms with Crippen molar-refractivity contribution in [2.45, 2.75) is 50.4 Å². The predicted molar refractivity (Wildman–Crippen MR) is 142 cm³/mol. The molecule has 0 amide bonds. The van der Waals surface area contributed by atoms with Gasteiger partial charge >= 0.3 is 0 Å². The van der Waals surface area contributed by atoms with Crippen molar-refractivity contribution < 1.29 is 14.2 Å². The average molecular weight is 573 g/mol. The first kappa shape index (κ1) is 26.7. The van der Waals surface area contributed by atoms with E-state index in [1.807, 2.05) is 7.05 Å². The molecule has 4 rings (SSSR count). The summed E-state index contributed by atoms with van der Waals surface area (Å²) in [6.07, 6.45) is 6.31. The van der Waals surface area contributed by atoms with E-state index in [-0.39, 0.29) is 24.0 Å². The first-order chi connectivity index (χ1) is 15.8. The second-order valence-electron chi connectivity index (χ2n) is 9.01. The molecule has 3 fully saturated rings. The second kappa shape index (κ2) is 14.5. The molecule has 3 aliphatic rings. The normalized spacial score (nSPS) is 24.2. The maximum absolute atomic E-state index is 6.19. The van der Waals surface area contributed by atoms with Crippen LogP contribution in [0.25, 0.3) is 0 Å². The number of likely N-dealkylation sites (tertiary alicyclic amines) is 1. The number of halogens is 1. The summed E-state index contributed by atoms with van der Waals surface area (Å²) >= 11 is 0. The van der Waals surface area contributed by atoms with E-state index in [0.29, 0.717) is 18.2 Å². The molecule has 0 aliphatic carbocycles. The molecule has 0 spiro atoms. The Morgan fingerprint density at radius 1 is 1.06 bits per heavy atom. The fourth-order valence-electron chi connectivity index (χ4n) is 4.96. The summed E-state index contributed by atoms with van der Waals surface area (Å²) < 4.78 is 17.6. The number of piperidine rings is 1. The van der Waals surface area contributed by atoms with Crippen molar-refractivity contribution in [3.8, 4) is 0 Å². The third-order valence-corrected chi connectivity index (χ3v) is 6.87. The van der Waals surface area contributed by atoms with Gasteiger partial charge in [-0.3, -0.25) is 9.89 Å². The highest BCUT2D eigenvalue weighted by molar-refractivity contribution is 14.0. The van der Waals surface area contributed by atoms with Crippen molar-refractivity contribution in [3.05, 3.63) is 35.9 Å². The van der Waals surface area contributed by atoms with Crippen LogP contribution in [-0.4, -0.2) is 94.2 Å². The molecule has 0 saturated carbocycles. The molecule has 0 bridgehead atoms. The standard InChI is InChI=1S/C25H40N4O3.HI/c1-26-25(29-12-10-22(11-13-29)32-20-23-9-5-6-16-31-23)27-19-24(21-7-3-2-4-8-21)28-14-17-30-18-15-28;/h2-4,7-8,22-24H,5-6,9-20H2,1H3,(H,26,27);1H. The van der Waals surface area contributed by atoms with Gasteiger partial charge in [-0.25, -0.2) is 0 Å². The Hall–Kier alpha value is -0.940. The summed E-state index contributed by atoms with van der Waals surface area (Å²) in [5, 5.41) is 3.67. The molecule has 1 N–H and O–H groups in total. The lowest BCUT2D eigenvalue weighted by Crippen LogP contribution is -2.50. The lowest BCUT2D eigenvalue weighted by atomic mass is 10.0. The highest BCUT2D eigenvalue weighted by atomic mass is 127. The van der Waals surface area contributed by atoms with E-state index in [1.54, 1.807) is 0 Å². The van der Waals surface area contributed by atoms with Crippen LogP contribution in [0.5, 0.6) is 0 Å². The van der Waals surface area contributed by atoms with Crippen LogP contribution in [0.4, 0.5) is 0 Å². The molecule has 33 heavy (non-hydrogen) atoms. The first-order valence-electron chi connectivity index (χ1n) is 12.4. The Morgan fingerprint density at radius 3 is 2.48 bits per heavy atom. The number of aliphatic imine (C=N–C) groups is 1. The fourth-order valence-corrected chi connectivity index (χ4v) is 4.96. The number of nitrogens with zero attached hydrogens (tertiary/aromatic N) is 3. The molecule has 8 heteroatoms. The fraction of sp³-hybridized carbons (Fsp3) is 0.720. The average Bonchev–Trinajstić information content (AvgIpc) is 2.88. The minimum absolute atomic E-state index is 0. The summed E-state index contributed by atoms with van der Waals surface area (Å²) in [5.41, 5.74) is 1.34. The largest absolute Gasteiger partial charge is 0.379 e. The summed E-state index contributed by atoms with van der Waals surface area (Å²) in [7, 11) is 1.89. The zero-order valence-electron chi connectivity index (χ0n) is 20.0. The summed E-state index contributed by atoms with van der Waals surface area (Å²) in [4.78, 5) is 9.49. The third-order valence-electron chi connectivity index (χ3n) is 6.87. The predicted octanol–water partition coefficient (Wildman–Crippen LogP) is 3.30. The lowest BCUT2D eigenvalue weighted by molar-refractivity contribution is -0.0721. The van der Waals surface area contributed by atoms with Crippen LogP contribution < -0.4 is 5.32 Å². The molecule has 0 aromatic heterocycles. The first-order valence-corrected chi connectivity index (χ1v) is 12.4. The number of hydrogen-bond donors (Lipinski definition) is 1. The molecule has 3 saturated heterocycles. The second-order valence-corrected chi connectivity index (χ2v) is 9.01. The Morgan fingerprint density at radius 2 is 1.82 bits per heavy atom. The molecular formula is C25H41IN4O3. The summed E-state index contributed by atoms with van der Waals surface area (Å²) in [6, 6.07) is 11.1. The van der Waals surface area contributed by atoms with Gasteiger partial charge in [0.15, 0.2) is 5.96 Å². The Balaban J connectivity index is 0.00000306. The monoisotopic (exact) mass is 572 g/mol. The number of ether oxygens (including phenoxy) is 3. The van der Waals surface area contributed by atoms with Crippen molar-refractivity contribution in [2.75, 3.05) is 66.2 Å². The van der Waals surface area contributed by atoms with Crippen LogP contribution in [0.2, 0.25) is 0 Å². The van der Waals surface area contributed by atoms with Crippen LogP contribution in [0.3, 0.4) is 0 Å². The molecule has 1 aromatic carbocycles. The van der Waals surface area contributed by atoms with Gasteiger partial charge in [0.2, 0.25) is 0 Å². The zero-order valence-corrected chi connectivity index (χ0v) is 22.3. The van der Waals surface area contributed by atoms with E-state index in [1.165, 1.54) is 18.4 Å². The van der Waals surface area contributed by atoms with Crippen LogP contribution in [0, 0.1) is 0 Å². The van der Waals surface area contributed by atoms with E-state index in [0.717, 1.165) is 84.4 Å². The smallest absolute Gasteiger partial charge is 0.193 e. The molecule has 3 aliphatic heterocycles. The van der Waals surface area contributed by atoms with Crippen molar-refractivity contribution in [2.24, 2.45) is 4.99 Å². The van der Waals surface area contributed by atoms with Gasteiger partial charge in [-0.05, 0) is 37.7 Å². The lowest BCUT2D eigenvalue weighted by Gasteiger charge is -2.37. The molecule has 1 aromatic rings. The Labute approximate surface area is 216 Å². The molecule has 2 atom stereocenters. The van der Waals surface area contributed by atoms with E-state index in [4.69, 9.17) is 14.2 Å². The van der Waals surface area contributed by atoms with Gasteiger partial charge in [0.25, 0.3) is 0 Å².